The third kappa shape index (κ3) is 5.33. The number of carbonyl (C=O) groups is 2. The number of para-hydroxylation sites is 1. The quantitative estimate of drug-likeness (QED) is 0.656. The lowest BCUT2D eigenvalue weighted by Crippen LogP contribution is -2.20. The van der Waals surface area contributed by atoms with Gasteiger partial charge in [-0.25, -0.2) is 0 Å². The molecule has 0 unspecified atom stereocenters. The van der Waals surface area contributed by atoms with Crippen LogP contribution in [0.5, 0.6) is 5.75 Å². The molecule has 27 heavy (non-hydrogen) atoms. The van der Waals surface area contributed by atoms with Gasteiger partial charge in [0.15, 0.2) is 6.61 Å². The highest BCUT2D eigenvalue weighted by Gasteiger charge is 2.08. The van der Waals surface area contributed by atoms with Crippen molar-refractivity contribution in [2.75, 3.05) is 17.2 Å². The van der Waals surface area contributed by atoms with Crippen molar-refractivity contribution in [3.8, 4) is 5.75 Å². The first kappa shape index (κ1) is 18.5. The molecular formula is C21H17ClN2O3. The molecule has 5 nitrogen and oxygen atoms in total. The lowest BCUT2D eigenvalue weighted by molar-refractivity contribution is -0.118. The number of ether oxygens (including phenoxy) is 1. The molecule has 0 bridgehead atoms. The largest absolute Gasteiger partial charge is 0.484 e. The maximum absolute atomic E-state index is 12.2. The minimum absolute atomic E-state index is 0.179. The molecule has 0 aliphatic heterocycles. The Balaban J connectivity index is 1.57. The summed E-state index contributed by atoms with van der Waals surface area (Å²) in [6.45, 7) is -0.179. The van der Waals surface area contributed by atoms with Crippen LogP contribution in [0.15, 0.2) is 78.9 Å². The summed E-state index contributed by atoms with van der Waals surface area (Å²) in [7, 11) is 0. The summed E-state index contributed by atoms with van der Waals surface area (Å²) in [5, 5.41) is 5.93. The van der Waals surface area contributed by atoms with Crippen LogP contribution in [0.3, 0.4) is 0 Å². The summed E-state index contributed by atoms with van der Waals surface area (Å²) in [5.41, 5.74) is 1.66. The maximum Gasteiger partial charge on any atom is 0.262 e. The van der Waals surface area contributed by atoms with Crippen molar-refractivity contribution in [2.24, 2.45) is 0 Å². The van der Waals surface area contributed by atoms with Crippen LogP contribution in [-0.2, 0) is 4.79 Å². The summed E-state index contributed by atoms with van der Waals surface area (Å²) >= 11 is 6.01. The van der Waals surface area contributed by atoms with Gasteiger partial charge in [0.05, 0.1) is 10.7 Å². The Morgan fingerprint density at radius 2 is 1.59 bits per heavy atom. The molecule has 0 aromatic heterocycles. The molecule has 3 rings (SSSR count). The lowest BCUT2D eigenvalue weighted by Gasteiger charge is -2.10. The van der Waals surface area contributed by atoms with Gasteiger partial charge in [-0.05, 0) is 36.4 Å². The molecule has 0 radical (unpaired) electrons. The van der Waals surface area contributed by atoms with Gasteiger partial charge >= 0.3 is 0 Å². The predicted molar refractivity (Wildman–Crippen MR) is 106 cm³/mol. The van der Waals surface area contributed by atoms with E-state index in [1.165, 1.54) is 0 Å². The maximum atomic E-state index is 12.2. The summed E-state index contributed by atoms with van der Waals surface area (Å²) in [6, 6.07) is 22.7. The summed E-state index contributed by atoms with van der Waals surface area (Å²) in [6.07, 6.45) is 0. The van der Waals surface area contributed by atoms with Crippen molar-refractivity contribution in [1.29, 1.82) is 0 Å². The highest BCUT2D eigenvalue weighted by Crippen LogP contribution is 2.21. The van der Waals surface area contributed by atoms with E-state index in [4.69, 9.17) is 16.3 Å². The fourth-order valence-corrected chi connectivity index (χ4v) is 2.54. The molecule has 2 amide bonds. The van der Waals surface area contributed by atoms with E-state index in [-0.39, 0.29) is 18.4 Å². The Morgan fingerprint density at radius 3 is 2.37 bits per heavy atom. The third-order valence-electron chi connectivity index (χ3n) is 3.65. The van der Waals surface area contributed by atoms with Gasteiger partial charge in [-0.15, -0.1) is 0 Å². The van der Waals surface area contributed by atoms with Gasteiger partial charge < -0.3 is 15.4 Å². The normalized spacial score (nSPS) is 10.1. The van der Waals surface area contributed by atoms with Gasteiger partial charge in [-0.1, -0.05) is 48.0 Å². The minimum atomic E-state index is -0.332. The number of hydrogen-bond acceptors (Lipinski definition) is 3. The molecule has 0 spiro atoms. The van der Waals surface area contributed by atoms with Crippen LogP contribution in [-0.4, -0.2) is 18.4 Å². The Labute approximate surface area is 161 Å². The number of hydrogen-bond donors (Lipinski definition) is 2. The van der Waals surface area contributed by atoms with Crippen LogP contribution in [0, 0.1) is 0 Å². The third-order valence-corrected chi connectivity index (χ3v) is 3.98. The average molecular weight is 381 g/mol. The van der Waals surface area contributed by atoms with Gasteiger partial charge in [-0.2, -0.15) is 0 Å². The Hall–Kier alpha value is -3.31. The molecule has 3 aromatic rings. The zero-order valence-corrected chi connectivity index (χ0v) is 15.1. The number of benzene rings is 3. The number of rotatable bonds is 6. The van der Waals surface area contributed by atoms with E-state index in [1.807, 2.05) is 6.07 Å². The second-order valence-electron chi connectivity index (χ2n) is 5.66. The highest BCUT2D eigenvalue weighted by molar-refractivity contribution is 6.33. The topological polar surface area (TPSA) is 67.4 Å². The molecule has 0 aliphatic rings. The Bertz CT molecular complexity index is 945. The summed E-state index contributed by atoms with van der Waals surface area (Å²) in [5.74, 6) is -0.0822. The van der Waals surface area contributed by atoms with Crippen molar-refractivity contribution in [1.82, 2.24) is 0 Å². The van der Waals surface area contributed by atoms with Crippen LogP contribution in [0.2, 0.25) is 5.02 Å². The molecule has 2 N–H and O–H groups in total. The molecule has 0 atom stereocenters. The number of nitrogens with one attached hydrogen (secondary N) is 2. The van der Waals surface area contributed by atoms with E-state index >= 15 is 0 Å². The standard InChI is InChI=1S/C21H17ClN2O3/c22-18-11-4-5-12-19(18)24-20(25)14-27-17-10-6-9-16(13-17)23-21(26)15-7-2-1-3-8-15/h1-13H,14H2,(H,23,26)(H,24,25). The monoisotopic (exact) mass is 380 g/mol. The molecule has 0 aliphatic carbocycles. The van der Waals surface area contributed by atoms with Gasteiger partial charge in [0.25, 0.3) is 11.8 Å². The molecule has 136 valence electrons. The van der Waals surface area contributed by atoms with Gasteiger partial charge in [0, 0.05) is 17.3 Å². The minimum Gasteiger partial charge on any atom is -0.484 e. The van der Waals surface area contributed by atoms with Crippen molar-refractivity contribution >= 4 is 34.8 Å². The van der Waals surface area contributed by atoms with Gasteiger partial charge in [0.1, 0.15) is 5.75 Å². The average Bonchev–Trinajstić information content (AvgIpc) is 2.69. The van der Waals surface area contributed by atoms with Crippen molar-refractivity contribution in [3.63, 3.8) is 0 Å². The zero-order chi connectivity index (χ0) is 19.1. The van der Waals surface area contributed by atoms with E-state index in [1.54, 1.807) is 72.8 Å². The molecule has 6 heteroatoms. The van der Waals surface area contributed by atoms with Crippen molar-refractivity contribution in [2.45, 2.75) is 0 Å². The van der Waals surface area contributed by atoms with Crippen molar-refractivity contribution in [3.05, 3.63) is 89.4 Å². The van der Waals surface area contributed by atoms with E-state index in [0.717, 1.165) is 0 Å². The predicted octanol–water partition coefficient (Wildman–Crippen LogP) is 4.61. The van der Waals surface area contributed by atoms with E-state index < -0.39 is 0 Å². The molecule has 0 saturated carbocycles. The van der Waals surface area contributed by atoms with Crippen LogP contribution in [0.4, 0.5) is 11.4 Å². The number of halogens is 1. The number of anilines is 2. The molecule has 0 fully saturated rings. The molecular weight excluding hydrogens is 364 g/mol. The SMILES string of the molecule is O=C(COc1cccc(NC(=O)c2ccccc2)c1)Nc1ccccc1Cl. The first-order chi connectivity index (χ1) is 13.1. The van der Waals surface area contributed by atoms with Gasteiger partial charge in [0.2, 0.25) is 0 Å². The van der Waals surface area contributed by atoms with Crippen LogP contribution < -0.4 is 15.4 Å². The second-order valence-corrected chi connectivity index (χ2v) is 6.07. The smallest absolute Gasteiger partial charge is 0.262 e. The first-order valence-electron chi connectivity index (χ1n) is 8.25. The van der Waals surface area contributed by atoms with Crippen LogP contribution in [0.25, 0.3) is 0 Å². The first-order valence-corrected chi connectivity index (χ1v) is 8.63. The Morgan fingerprint density at radius 1 is 0.852 bits per heavy atom. The van der Waals surface area contributed by atoms with E-state index in [2.05, 4.69) is 10.6 Å². The lowest BCUT2D eigenvalue weighted by atomic mass is 10.2. The van der Waals surface area contributed by atoms with Crippen LogP contribution in [0.1, 0.15) is 10.4 Å². The van der Waals surface area contributed by atoms with Crippen molar-refractivity contribution < 1.29 is 14.3 Å². The van der Waals surface area contributed by atoms with E-state index in [0.29, 0.717) is 27.7 Å². The Kier molecular flexibility index (Phi) is 6.07. The number of amides is 2. The molecule has 0 saturated heterocycles. The fourth-order valence-electron chi connectivity index (χ4n) is 2.35. The van der Waals surface area contributed by atoms with E-state index in [9.17, 15) is 9.59 Å². The summed E-state index contributed by atoms with van der Waals surface area (Å²) < 4.78 is 5.50. The fraction of sp³-hybridized carbons (Fsp3) is 0.0476. The molecule has 3 aromatic carbocycles. The van der Waals surface area contributed by atoms with Crippen LogP contribution >= 0.6 is 11.6 Å². The second kappa shape index (κ2) is 8.87. The summed E-state index contributed by atoms with van der Waals surface area (Å²) in [4.78, 5) is 24.2. The zero-order valence-electron chi connectivity index (χ0n) is 14.3. The number of carbonyl (C=O) groups excluding carboxylic acids is 2. The molecule has 0 heterocycles. The highest BCUT2D eigenvalue weighted by atomic mass is 35.5. The van der Waals surface area contributed by atoms with Gasteiger partial charge in [-0.3, -0.25) is 9.59 Å².